The fourth-order valence-corrected chi connectivity index (χ4v) is 3.32. The summed E-state index contributed by atoms with van der Waals surface area (Å²) >= 11 is 0. The van der Waals surface area contributed by atoms with Gasteiger partial charge in [0.15, 0.2) is 0 Å². The van der Waals surface area contributed by atoms with Gasteiger partial charge in [-0.25, -0.2) is 9.69 Å². The zero-order chi connectivity index (χ0) is 25.8. The fraction of sp³-hybridized carbons (Fsp3) is 0.870. The molecule has 196 valence electrons. The maximum atomic E-state index is 11.7. The van der Waals surface area contributed by atoms with Gasteiger partial charge in [-0.05, 0) is 33.6 Å². The Bertz CT molecular complexity index is 508. The molecule has 0 radical (unpaired) electrons. The Balaban J connectivity index is 0. The maximum absolute atomic E-state index is 11.7. The molecule has 10 heteroatoms. The summed E-state index contributed by atoms with van der Waals surface area (Å²) in [5.74, 6) is -2.57. The van der Waals surface area contributed by atoms with Crippen LogP contribution in [0.2, 0.25) is 0 Å². The van der Waals surface area contributed by atoms with Crippen molar-refractivity contribution >= 4 is 17.8 Å². The third-order valence-electron chi connectivity index (χ3n) is 5.08. The molecule has 6 N–H and O–H groups in total. The summed E-state index contributed by atoms with van der Waals surface area (Å²) < 4.78 is 0. The van der Waals surface area contributed by atoms with E-state index < -0.39 is 36.7 Å². The minimum absolute atomic E-state index is 0.0891. The van der Waals surface area contributed by atoms with Crippen molar-refractivity contribution in [3.05, 3.63) is 0 Å². The molecule has 10 nitrogen and oxygen atoms in total. The van der Waals surface area contributed by atoms with Crippen LogP contribution in [0.3, 0.4) is 0 Å². The van der Waals surface area contributed by atoms with E-state index in [1.807, 2.05) is 0 Å². The number of carbonyl (C=O) groups is 3. The molecule has 4 atom stereocenters. The number of hydrogen-bond donors (Lipinski definition) is 6. The summed E-state index contributed by atoms with van der Waals surface area (Å²) in [5.41, 5.74) is 0. The first-order chi connectivity index (χ1) is 15.4. The lowest BCUT2D eigenvalue weighted by Gasteiger charge is -2.30. The number of rotatable bonds is 18. The predicted octanol–water partition coefficient (Wildman–Crippen LogP) is 2.64. The summed E-state index contributed by atoms with van der Waals surface area (Å²) in [7, 11) is 0. The van der Waals surface area contributed by atoms with Gasteiger partial charge >= 0.3 is 11.9 Å². The number of hydrogen-bond acceptors (Lipinski definition) is 7. The monoisotopic (exact) mass is 478 g/mol. The molecule has 0 fully saturated rings. The quantitative estimate of drug-likeness (QED) is 0.128. The van der Waals surface area contributed by atoms with E-state index in [9.17, 15) is 14.4 Å². The zero-order valence-electron chi connectivity index (χ0n) is 20.7. The van der Waals surface area contributed by atoms with Crippen LogP contribution in [0.15, 0.2) is 0 Å². The molecule has 0 aliphatic carbocycles. The Morgan fingerprint density at radius 2 is 1.15 bits per heavy atom. The molecule has 0 rings (SSSR count). The molecule has 0 heterocycles. The highest BCUT2D eigenvalue weighted by molar-refractivity contribution is 5.83. The van der Waals surface area contributed by atoms with Gasteiger partial charge in [-0.2, -0.15) is 0 Å². The van der Waals surface area contributed by atoms with Crippen LogP contribution in [-0.2, 0) is 14.4 Å². The Kier molecular flexibility index (Phi) is 21.1. The van der Waals surface area contributed by atoms with Crippen molar-refractivity contribution in [1.29, 1.82) is 0 Å². The molecule has 0 aromatic heterocycles. The van der Waals surface area contributed by atoms with Crippen LogP contribution in [0.25, 0.3) is 0 Å². The number of nitrogens with one attached hydrogen (secondary N) is 1. The Hall–Kier alpha value is -1.75. The van der Waals surface area contributed by atoms with Crippen molar-refractivity contribution in [2.45, 2.75) is 129 Å². The van der Waals surface area contributed by atoms with E-state index in [-0.39, 0.29) is 18.7 Å². The number of nitrogens with zero attached hydrogens (tertiary/aromatic N) is 1. The smallest absolute Gasteiger partial charge is 0.326 e. The minimum atomic E-state index is -1.19. The van der Waals surface area contributed by atoms with Gasteiger partial charge in [0.2, 0.25) is 5.91 Å². The van der Waals surface area contributed by atoms with E-state index in [0.717, 1.165) is 19.3 Å². The van der Waals surface area contributed by atoms with Crippen molar-refractivity contribution in [2.24, 2.45) is 0 Å². The van der Waals surface area contributed by atoms with E-state index in [2.05, 4.69) is 12.2 Å². The van der Waals surface area contributed by atoms with Gasteiger partial charge in [0.25, 0.3) is 0 Å². The van der Waals surface area contributed by atoms with E-state index in [0.29, 0.717) is 6.42 Å². The average Bonchev–Trinajstić information content (AvgIpc) is 2.69. The van der Waals surface area contributed by atoms with E-state index in [1.165, 1.54) is 64.2 Å². The molecular formula is C23H46N2O8. The molecule has 0 aliphatic heterocycles. The Morgan fingerprint density at radius 3 is 1.48 bits per heavy atom. The third-order valence-corrected chi connectivity index (χ3v) is 5.08. The minimum Gasteiger partial charge on any atom is -0.481 e. The summed E-state index contributed by atoms with van der Waals surface area (Å²) in [4.78, 5) is 34.3. The highest BCUT2D eigenvalue weighted by Crippen LogP contribution is 2.10. The zero-order valence-corrected chi connectivity index (χ0v) is 20.7. The number of aliphatic hydroxyl groups excluding tert-OH is 3. The predicted molar refractivity (Wildman–Crippen MR) is 125 cm³/mol. The molecule has 0 saturated carbocycles. The maximum Gasteiger partial charge on any atom is 0.326 e. The van der Waals surface area contributed by atoms with Crippen molar-refractivity contribution in [3.8, 4) is 0 Å². The number of aliphatic hydroxyl groups is 3. The van der Waals surface area contributed by atoms with Crippen LogP contribution in [0.5, 0.6) is 0 Å². The third kappa shape index (κ3) is 20.6. The van der Waals surface area contributed by atoms with Crippen LogP contribution in [0, 0.1) is 0 Å². The highest BCUT2D eigenvalue weighted by atomic mass is 16.4. The standard InChI is InChI=1S/C17H31NO5.C6H15NO3/c1-2-3-4-5-6-7-8-9-10-11-15(19)18-14(17(22)23)12-13-16(20)21;1-4(8)7(5(2)9)6(3)10/h14H,2-13H2,1H3,(H,18,19)(H,20,21)(H,22,23);4-6,8-10H,1-3H3/t14-;/m0./s1. The van der Waals surface area contributed by atoms with Crippen molar-refractivity contribution in [1.82, 2.24) is 10.2 Å². The largest absolute Gasteiger partial charge is 0.481 e. The lowest BCUT2D eigenvalue weighted by molar-refractivity contribution is -0.159. The van der Waals surface area contributed by atoms with Gasteiger partial charge in [-0.3, -0.25) is 9.59 Å². The summed E-state index contributed by atoms with van der Waals surface area (Å²) in [5, 5.41) is 46.8. The SMILES string of the molecule is CC(O)N(C(C)O)C(C)O.CCCCCCCCCCCC(=O)N[C@@H](CCC(=O)O)C(=O)O. The van der Waals surface area contributed by atoms with Crippen molar-refractivity contribution in [3.63, 3.8) is 0 Å². The van der Waals surface area contributed by atoms with Crippen molar-refractivity contribution < 1.29 is 39.9 Å². The molecular weight excluding hydrogens is 432 g/mol. The highest BCUT2D eigenvalue weighted by Gasteiger charge is 2.21. The molecule has 3 unspecified atom stereocenters. The molecule has 0 aromatic rings. The Labute approximate surface area is 198 Å². The summed E-state index contributed by atoms with van der Waals surface area (Å²) in [6.45, 7) is 6.65. The molecule has 33 heavy (non-hydrogen) atoms. The first-order valence-corrected chi connectivity index (χ1v) is 12.0. The van der Waals surface area contributed by atoms with E-state index >= 15 is 0 Å². The molecule has 0 bridgehead atoms. The van der Waals surface area contributed by atoms with E-state index in [4.69, 9.17) is 25.5 Å². The second kappa shape index (κ2) is 20.8. The van der Waals surface area contributed by atoms with Gasteiger partial charge < -0.3 is 30.8 Å². The van der Waals surface area contributed by atoms with Crippen LogP contribution in [0.1, 0.15) is 105 Å². The van der Waals surface area contributed by atoms with Crippen molar-refractivity contribution in [2.75, 3.05) is 0 Å². The summed E-state index contributed by atoms with van der Waals surface area (Å²) in [6.07, 6.45) is 7.79. The lowest BCUT2D eigenvalue weighted by Crippen LogP contribution is -2.45. The summed E-state index contributed by atoms with van der Waals surface area (Å²) in [6, 6.07) is -1.11. The van der Waals surface area contributed by atoms with Crippen LogP contribution >= 0.6 is 0 Å². The normalized spacial score (nSPS) is 14.5. The van der Waals surface area contributed by atoms with Gasteiger partial charge in [-0.1, -0.05) is 58.3 Å². The van der Waals surface area contributed by atoms with Crippen LogP contribution < -0.4 is 5.32 Å². The van der Waals surface area contributed by atoms with Crippen LogP contribution in [0.4, 0.5) is 0 Å². The lowest BCUT2D eigenvalue weighted by atomic mass is 10.1. The number of carbonyl (C=O) groups excluding carboxylic acids is 1. The molecule has 0 aromatic carbocycles. The second-order valence-corrected chi connectivity index (χ2v) is 8.31. The van der Waals surface area contributed by atoms with Crippen LogP contribution in [-0.4, -0.2) is 73.0 Å². The first-order valence-electron chi connectivity index (χ1n) is 12.0. The Morgan fingerprint density at radius 1 is 0.727 bits per heavy atom. The molecule has 0 spiro atoms. The number of aliphatic carboxylic acids is 2. The van der Waals surface area contributed by atoms with Gasteiger partial charge in [-0.15, -0.1) is 0 Å². The second-order valence-electron chi connectivity index (χ2n) is 8.31. The average molecular weight is 479 g/mol. The number of amides is 1. The van der Waals surface area contributed by atoms with Gasteiger partial charge in [0.05, 0.1) is 0 Å². The molecule has 0 saturated heterocycles. The number of carboxylic acid groups (broad SMARTS) is 2. The van der Waals surface area contributed by atoms with E-state index in [1.54, 1.807) is 0 Å². The molecule has 0 aliphatic rings. The number of unbranched alkanes of at least 4 members (excludes halogenated alkanes) is 8. The number of carboxylic acids is 2. The first kappa shape index (κ1) is 33.4. The van der Waals surface area contributed by atoms with Gasteiger partial charge in [0.1, 0.15) is 24.7 Å². The topological polar surface area (TPSA) is 168 Å². The molecule has 1 amide bonds. The fourth-order valence-electron chi connectivity index (χ4n) is 3.32. The van der Waals surface area contributed by atoms with Gasteiger partial charge in [0, 0.05) is 12.8 Å².